The minimum absolute atomic E-state index is 0.0563. The average molecular weight is 512 g/mol. The van der Waals surface area contributed by atoms with Crippen LogP contribution in [0.1, 0.15) is 54.6 Å². The van der Waals surface area contributed by atoms with Crippen LogP contribution in [-0.2, 0) is 18.3 Å². The van der Waals surface area contributed by atoms with Crippen molar-refractivity contribution >= 4 is 52.5 Å². The van der Waals surface area contributed by atoms with Crippen molar-refractivity contribution in [3.05, 3.63) is 107 Å². The maximum absolute atomic E-state index is 8.96. The molecule has 0 radical (unpaired) electrons. The summed E-state index contributed by atoms with van der Waals surface area (Å²) >= 11 is 0. The largest absolute Gasteiger partial charge is 0.313 e. The Balaban J connectivity index is 1.44. The summed E-state index contributed by atoms with van der Waals surface area (Å²) in [6, 6.07) is 22.8. The van der Waals surface area contributed by atoms with Crippen molar-refractivity contribution in [3.63, 3.8) is 0 Å². The third kappa shape index (κ3) is 2.78. The number of para-hydroxylation sites is 1. The van der Waals surface area contributed by atoms with Gasteiger partial charge in [0.15, 0.2) is 0 Å². The molecule has 5 aromatic rings. The van der Waals surface area contributed by atoms with Crippen LogP contribution in [0.3, 0.4) is 0 Å². The van der Waals surface area contributed by atoms with Gasteiger partial charge in [-0.2, -0.15) is 0 Å². The summed E-state index contributed by atoms with van der Waals surface area (Å²) in [4.78, 5) is 0. The van der Waals surface area contributed by atoms with Crippen LogP contribution in [0.15, 0.2) is 84.8 Å². The van der Waals surface area contributed by atoms with Crippen molar-refractivity contribution in [2.45, 2.75) is 58.0 Å². The van der Waals surface area contributed by atoms with Crippen LogP contribution in [0.4, 0.5) is 0 Å². The van der Waals surface area contributed by atoms with Gasteiger partial charge in [0.25, 0.3) is 0 Å². The smallest absolute Gasteiger partial charge is 0.241 e. The molecule has 1 nitrogen and oxygen atoms in total. The Kier molecular flexibility index (Phi) is 3.79. The topological polar surface area (TPSA) is 4.93 Å². The third-order valence-corrected chi connectivity index (χ3v) is 13.5. The molecule has 0 N–H and O–H groups in total. The van der Waals surface area contributed by atoms with Crippen molar-refractivity contribution in [2.24, 2.45) is 0 Å². The Morgan fingerprint density at radius 3 is 2.53 bits per heavy atom. The van der Waals surface area contributed by atoms with Gasteiger partial charge in [-0.05, 0) is 60.5 Å². The molecule has 38 heavy (non-hydrogen) atoms. The lowest BCUT2D eigenvalue weighted by Gasteiger charge is -2.46. The van der Waals surface area contributed by atoms with Gasteiger partial charge in [0.05, 0.1) is 11.0 Å². The second-order valence-corrected chi connectivity index (χ2v) is 16.8. The number of hydrogen-bond donors (Lipinski definition) is 0. The van der Waals surface area contributed by atoms with Crippen molar-refractivity contribution in [1.82, 2.24) is 4.57 Å². The molecule has 0 amide bonds. The molecule has 3 heteroatoms. The molecular weight excluding hydrogens is 473 g/mol. The maximum Gasteiger partial charge on any atom is 0.241 e. The highest BCUT2D eigenvalue weighted by Crippen LogP contribution is 2.38. The highest BCUT2D eigenvalue weighted by molar-refractivity contribution is 7.14. The summed E-state index contributed by atoms with van der Waals surface area (Å²) in [6.45, 7) is 9.88. The van der Waals surface area contributed by atoms with Gasteiger partial charge in [-0.3, -0.25) is 0 Å². The Morgan fingerprint density at radius 1 is 0.842 bits per heavy atom. The lowest BCUT2D eigenvalue weighted by molar-refractivity contribution is 0.644. The first kappa shape index (κ1) is 18.9. The zero-order chi connectivity index (χ0) is 29.3. The Labute approximate surface area is 233 Å². The number of benzene rings is 4. The summed E-state index contributed by atoms with van der Waals surface area (Å²) < 4.78 is 36.9. The molecule has 4 aromatic carbocycles. The lowest BCUT2D eigenvalue weighted by Crippen LogP contribution is -2.79. The molecule has 2 aliphatic heterocycles. The van der Waals surface area contributed by atoms with E-state index in [0.29, 0.717) is 10.9 Å². The fourth-order valence-electron chi connectivity index (χ4n) is 8.05. The van der Waals surface area contributed by atoms with E-state index in [1.54, 1.807) is 5.19 Å². The quantitative estimate of drug-likeness (QED) is 0.285. The van der Waals surface area contributed by atoms with E-state index < -0.39 is 8.07 Å². The van der Waals surface area contributed by atoms with Gasteiger partial charge in [-0.1, -0.05) is 120 Å². The van der Waals surface area contributed by atoms with Crippen LogP contribution in [0.25, 0.3) is 16.6 Å². The minimum atomic E-state index is -1.87. The first-order chi connectivity index (χ1) is 20.0. The van der Waals surface area contributed by atoms with Crippen molar-refractivity contribution < 1.29 is 5.48 Å². The highest BCUT2D eigenvalue weighted by Gasteiger charge is 2.48. The van der Waals surface area contributed by atoms with Crippen LogP contribution in [-0.4, -0.2) is 19.4 Å². The second kappa shape index (κ2) is 7.64. The van der Waals surface area contributed by atoms with Crippen molar-refractivity contribution in [3.8, 4) is 5.69 Å². The summed E-state index contributed by atoms with van der Waals surface area (Å²) in [6.07, 6.45) is 3.85. The predicted molar refractivity (Wildman–Crippen MR) is 166 cm³/mol. The van der Waals surface area contributed by atoms with E-state index in [1.807, 2.05) is 0 Å². The molecule has 0 unspecified atom stereocenters. The Hall–Kier alpha value is -3.30. The molecule has 0 saturated carbocycles. The fourth-order valence-corrected chi connectivity index (χ4v) is 11.3. The molecule has 3 heterocycles. The van der Waals surface area contributed by atoms with E-state index in [9.17, 15) is 0 Å². The lowest BCUT2D eigenvalue weighted by atomic mass is 9.31. The first-order valence-corrected chi connectivity index (χ1v) is 17.1. The number of fused-ring (bicyclic) bond motifs is 7. The van der Waals surface area contributed by atoms with Crippen LogP contribution < -0.4 is 26.8 Å². The van der Waals surface area contributed by atoms with Crippen LogP contribution >= 0.6 is 0 Å². The number of nitrogens with zero attached hydrogens (tertiary/aromatic N) is 1. The monoisotopic (exact) mass is 511 g/mol. The SMILES string of the molecule is [2H]c1c([2H])c([2H])c2c(c1[2H])c1c(n2-c2ccc3c(c2)C(C)(C)c2cccc4c2B3c2ccccc2[Si]4(C)C)CCCC1. The van der Waals surface area contributed by atoms with Gasteiger partial charge < -0.3 is 4.57 Å². The van der Waals surface area contributed by atoms with E-state index in [1.165, 1.54) is 32.7 Å². The minimum Gasteiger partial charge on any atom is -0.313 e. The van der Waals surface area contributed by atoms with Gasteiger partial charge in [0, 0.05) is 22.2 Å². The fraction of sp³-hybridized carbons (Fsp3) is 0.257. The molecule has 1 aromatic heterocycles. The van der Waals surface area contributed by atoms with Gasteiger partial charge in [-0.15, -0.1) is 0 Å². The Bertz CT molecular complexity index is 2010. The van der Waals surface area contributed by atoms with E-state index >= 15 is 0 Å². The van der Waals surface area contributed by atoms with Crippen molar-refractivity contribution in [2.75, 3.05) is 0 Å². The Morgan fingerprint density at radius 2 is 1.63 bits per heavy atom. The highest BCUT2D eigenvalue weighted by atomic mass is 28.3. The van der Waals surface area contributed by atoms with E-state index in [4.69, 9.17) is 5.48 Å². The molecular formula is C35H34BNSi. The molecule has 0 fully saturated rings. The molecule has 0 saturated heterocycles. The molecule has 3 aliphatic rings. The van der Waals surface area contributed by atoms with E-state index in [-0.39, 0.29) is 36.3 Å². The predicted octanol–water partition coefficient (Wildman–Crippen LogP) is 4.80. The molecule has 8 rings (SSSR count). The third-order valence-electron chi connectivity index (χ3n) is 9.87. The standard InChI is InChI=1S/C35H34BNSi/c1-35(2)26-14-11-19-33-34(26)36(29-15-7-10-18-32(29)38(33,3)4)28-21-20-23(22-27(28)35)37-30-16-8-5-12-24(30)25-13-6-9-17-31(25)37/h5,7-8,10-12,14-16,18-22H,6,9,13,17H2,1-4H3/i5D,8D,12D,16D. The number of aromatic nitrogens is 1. The molecule has 1 aliphatic carbocycles. The van der Waals surface area contributed by atoms with E-state index in [0.717, 1.165) is 42.6 Å². The van der Waals surface area contributed by atoms with E-state index in [2.05, 4.69) is 92.2 Å². The average Bonchev–Trinajstić information content (AvgIpc) is 3.34. The van der Waals surface area contributed by atoms with Gasteiger partial charge in [0.1, 0.15) is 8.07 Å². The summed E-state index contributed by atoms with van der Waals surface area (Å²) in [5, 5.41) is 3.78. The summed E-state index contributed by atoms with van der Waals surface area (Å²) in [5.41, 5.74) is 10.7. The molecule has 186 valence electrons. The first-order valence-electron chi connectivity index (χ1n) is 16.1. The number of rotatable bonds is 1. The number of hydrogen-bond acceptors (Lipinski definition) is 0. The van der Waals surface area contributed by atoms with Gasteiger partial charge in [0.2, 0.25) is 6.71 Å². The van der Waals surface area contributed by atoms with Crippen LogP contribution in [0.2, 0.25) is 13.1 Å². The van der Waals surface area contributed by atoms with Crippen LogP contribution in [0.5, 0.6) is 0 Å². The summed E-state index contributed by atoms with van der Waals surface area (Å²) in [7, 11) is -1.87. The zero-order valence-electron chi connectivity index (χ0n) is 26.6. The van der Waals surface area contributed by atoms with Crippen LogP contribution in [0, 0.1) is 0 Å². The normalized spacial score (nSPS) is 19.4. The maximum atomic E-state index is 8.96. The zero-order valence-corrected chi connectivity index (χ0v) is 23.6. The van der Waals surface area contributed by atoms with Crippen molar-refractivity contribution in [1.29, 1.82) is 0 Å². The molecule has 0 bridgehead atoms. The second-order valence-electron chi connectivity index (χ2n) is 12.5. The van der Waals surface area contributed by atoms with Gasteiger partial charge >= 0.3 is 0 Å². The van der Waals surface area contributed by atoms with Gasteiger partial charge in [-0.25, -0.2) is 0 Å². The summed E-state index contributed by atoms with van der Waals surface area (Å²) in [5.74, 6) is 0. The molecule has 0 spiro atoms. The molecule has 0 atom stereocenters. The number of aryl methyl sites for hydroxylation is 1.